The largest absolute Gasteiger partial charge is 0.385 e. The maximum Gasteiger partial charge on any atom is 0.289 e. The van der Waals surface area contributed by atoms with E-state index in [1.165, 1.54) is 18.2 Å². The Bertz CT molecular complexity index is 599. The van der Waals surface area contributed by atoms with Crippen LogP contribution in [0.15, 0.2) is 23.1 Å². The summed E-state index contributed by atoms with van der Waals surface area (Å²) < 4.78 is 26.9. The third kappa shape index (κ3) is 4.98. The summed E-state index contributed by atoms with van der Waals surface area (Å²) in [6, 6.07) is 3.99. The van der Waals surface area contributed by atoms with E-state index in [9.17, 15) is 18.5 Å². The lowest BCUT2D eigenvalue weighted by molar-refractivity contribution is -0.387. The van der Waals surface area contributed by atoms with Crippen LogP contribution in [-0.4, -0.2) is 26.4 Å². The minimum absolute atomic E-state index is 0.253. The van der Waals surface area contributed by atoms with Crippen molar-refractivity contribution in [2.75, 3.05) is 18.4 Å². The Balaban J connectivity index is 3.11. The molecule has 0 aromatic heterocycles. The summed E-state index contributed by atoms with van der Waals surface area (Å²) in [6.07, 6.45) is 0.667. The van der Waals surface area contributed by atoms with Gasteiger partial charge in [0.05, 0.1) is 4.92 Å². The molecule has 0 saturated heterocycles. The third-order valence-electron chi connectivity index (χ3n) is 2.84. The van der Waals surface area contributed by atoms with Gasteiger partial charge in [-0.25, -0.2) is 13.1 Å². The summed E-state index contributed by atoms with van der Waals surface area (Å²) in [5.41, 5.74) is 0.112. The average molecular weight is 315 g/mol. The molecule has 0 radical (unpaired) electrons. The topological polar surface area (TPSA) is 101 Å². The fraction of sp³-hybridized carbons (Fsp3) is 0.538. The van der Waals surface area contributed by atoms with E-state index in [-0.39, 0.29) is 11.4 Å². The van der Waals surface area contributed by atoms with Gasteiger partial charge in [-0.2, -0.15) is 0 Å². The van der Waals surface area contributed by atoms with Gasteiger partial charge in [0.15, 0.2) is 4.90 Å². The van der Waals surface area contributed by atoms with Crippen LogP contribution in [0, 0.1) is 16.0 Å². The van der Waals surface area contributed by atoms with E-state index in [0.29, 0.717) is 24.6 Å². The van der Waals surface area contributed by atoms with Gasteiger partial charge in [-0.15, -0.1) is 0 Å². The lowest BCUT2D eigenvalue weighted by atomic mass is 10.1. The van der Waals surface area contributed by atoms with Crippen LogP contribution in [-0.2, 0) is 10.0 Å². The van der Waals surface area contributed by atoms with Gasteiger partial charge in [0.2, 0.25) is 10.0 Å². The Morgan fingerprint density at radius 1 is 1.33 bits per heavy atom. The van der Waals surface area contributed by atoms with Crippen LogP contribution in [0.4, 0.5) is 11.4 Å². The molecule has 21 heavy (non-hydrogen) atoms. The highest BCUT2D eigenvalue weighted by atomic mass is 32.2. The molecule has 0 spiro atoms. The van der Waals surface area contributed by atoms with Crippen molar-refractivity contribution in [1.29, 1.82) is 0 Å². The number of hydrogen-bond acceptors (Lipinski definition) is 5. The highest BCUT2D eigenvalue weighted by Gasteiger charge is 2.25. The molecule has 0 fully saturated rings. The van der Waals surface area contributed by atoms with E-state index in [1.54, 1.807) is 0 Å². The number of nitrogens with one attached hydrogen (secondary N) is 2. The predicted molar refractivity (Wildman–Crippen MR) is 81.9 cm³/mol. The van der Waals surface area contributed by atoms with Gasteiger partial charge in [0, 0.05) is 24.8 Å². The summed E-state index contributed by atoms with van der Waals surface area (Å²) >= 11 is 0. The molecule has 1 rings (SSSR count). The van der Waals surface area contributed by atoms with E-state index in [0.717, 1.165) is 0 Å². The van der Waals surface area contributed by atoms with Crippen LogP contribution >= 0.6 is 0 Å². The average Bonchev–Trinajstić information content (AvgIpc) is 2.38. The van der Waals surface area contributed by atoms with Crippen LogP contribution in [0.1, 0.15) is 27.2 Å². The van der Waals surface area contributed by atoms with Crippen molar-refractivity contribution in [2.45, 2.75) is 32.1 Å². The highest BCUT2D eigenvalue weighted by molar-refractivity contribution is 7.89. The molecule has 1 aromatic carbocycles. The fourth-order valence-electron chi connectivity index (χ4n) is 1.75. The second-order valence-corrected chi connectivity index (χ2v) is 6.79. The number of hydrogen-bond donors (Lipinski definition) is 2. The number of nitro benzene ring substituents is 1. The van der Waals surface area contributed by atoms with E-state index >= 15 is 0 Å². The molecule has 118 valence electrons. The van der Waals surface area contributed by atoms with Crippen molar-refractivity contribution in [3.8, 4) is 0 Å². The molecule has 7 nitrogen and oxygen atoms in total. The quantitative estimate of drug-likeness (QED) is 0.566. The van der Waals surface area contributed by atoms with Crippen LogP contribution in [0.5, 0.6) is 0 Å². The van der Waals surface area contributed by atoms with Crippen LogP contribution in [0.3, 0.4) is 0 Å². The molecule has 0 bridgehead atoms. The molecular formula is C13H21N3O4S. The summed E-state index contributed by atoms with van der Waals surface area (Å²) in [4.78, 5) is 10.0. The van der Waals surface area contributed by atoms with Gasteiger partial charge in [-0.05, 0) is 31.4 Å². The molecule has 2 N–H and O–H groups in total. The normalized spacial score (nSPS) is 11.6. The summed E-state index contributed by atoms with van der Waals surface area (Å²) in [6.45, 7) is 6.65. The van der Waals surface area contributed by atoms with Crippen molar-refractivity contribution >= 4 is 21.4 Å². The van der Waals surface area contributed by atoms with Gasteiger partial charge in [0.25, 0.3) is 5.69 Å². The Hall–Kier alpha value is -1.67. The number of sulfonamides is 1. The van der Waals surface area contributed by atoms with E-state index < -0.39 is 20.6 Å². The lowest BCUT2D eigenvalue weighted by Gasteiger charge is -2.10. The van der Waals surface area contributed by atoms with E-state index in [4.69, 9.17) is 0 Å². The summed E-state index contributed by atoms with van der Waals surface area (Å²) in [5, 5.41) is 14.0. The molecular weight excluding hydrogens is 294 g/mol. The van der Waals surface area contributed by atoms with Crippen molar-refractivity contribution in [3.63, 3.8) is 0 Å². The number of rotatable bonds is 8. The zero-order valence-corrected chi connectivity index (χ0v) is 13.2. The molecule has 0 amide bonds. The second-order valence-electron chi connectivity index (χ2n) is 5.05. The SMILES string of the molecule is CCNc1ccc([N+](=O)[O-])c(S(=O)(=O)NCCC(C)C)c1. The van der Waals surface area contributed by atoms with Gasteiger partial charge in [-0.1, -0.05) is 13.8 Å². The molecule has 1 aromatic rings. The van der Waals surface area contributed by atoms with Crippen molar-refractivity contribution in [3.05, 3.63) is 28.3 Å². The smallest absolute Gasteiger partial charge is 0.289 e. The van der Waals surface area contributed by atoms with E-state index in [2.05, 4.69) is 10.0 Å². The number of nitrogens with zero attached hydrogens (tertiary/aromatic N) is 1. The maximum absolute atomic E-state index is 12.3. The molecule has 0 saturated carbocycles. The fourth-order valence-corrected chi connectivity index (χ4v) is 3.00. The first-order valence-electron chi connectivity index (χ1n) is 6.80. The first kappa shape index (κ1) is 17.4. The minimum atomic E-state index is -3.90. The standard InChI is InChI=1S/C13H21N3O4S/c1-4-14-11-5-6-12(16(17)18)13(9-11)21(19,20)15-8-7-10(2)3/h5-6,9-10,14-15H,4,7-8H2,1-3H3. The Morgan fingerprint density at radius 3 is 2.52 bits per heavy atom. The Labute approximate surface area is 124 Å². The van der Waals surface area contributed by atoms with Crippen LogP contribution in [0.25, 0.3) is 0 Å². The molecule has 0 heterocycles. The van der Waals surface area contributed by atoms with Crippen molar-refractivity contribution in [1.82, 2.24) is 4.72 Å². The first-order chi connectivity index (χ1) is 9.77. The monoisotopic (exact) mass is 315 g/mol. The first-order valence-corrected chi connectivity index (χ1v) is 8.28. The zero-order valence-electron chi connectivity index (χ0n) is 12.4. The number of benzene rings is 1. The number of nitro groups is 1. The zero-order chi connectivity index (χ0) is 16.0. The molecule has 0 aliphatic rings. The summed E-state index contributed by atoms with van der Waals surface area (Å²) in [5.74, 6) is 0.343. The Morgan fingerprint density at radius 2 is 2.00 bits per heavy atom. The van der Waals surface area contributed by atoms with Crippen LogP contribution in [0.2, 0.25) is 0 Å². The molecule has 0 aliphatic heterocycles. The maximum atomic E-state index is 12.3. The van der Waals surface area contributed by atoms with Crippen molar-refractivity contribution in [2.24, 2.45) is 5.92 Å². The molecule has 0 unspecified atom stereocenters. The van der Waals surface area contributed by atoms with E-state index in [1.807, 2.05) is 20.8 Å². The molecule has 0 aliphatic carbocycles. The predicted octanol–water partition coefficient (Wildman–Crippen LogP) is 2.35. The van der Waals surface area contributed by atoms with Crippen LogP contribution < -0.4 is 10.0 Å². The lowest BCUT2D eigenvalue weighted by Crippen LogP contribution is -2.26. The number of anilines is 1. The van der Waals surface area contributed by atoms with Gasteiger partial charge in [0.1, 0.15) is 0 Å². The Kier molecular flexibility index (Phi) is 6.10. The third-order valence-corrected chi connectivity index (χ3v) is 4.33. The highest BCUT2D eigenvalue weighted by Crippen LogP contribution is 2.27. The summed E-state index contributed by atoms with van der Waals surface area (Å²) in [7, 11) is -3.90. The van der Waals surface area contributed by atoms with Gasteiger partial charge >= 0.3 is 0 Å². The van der Waals surface area contributed by atoms with Crippen molar-refractivity contribution < 1.29 is 13.3 Å². The second kappa shape index (κ2) is 7.37. The van der Waals surface area contributed by atoms with Gasteiger partial charge in [-0.3, -0.25) is 10.1 Å². The minimum Gasteiger partial charge on any atom is -0.385 e. The van der Waals surface area contributed by atoms with Gasteiger partial charge < -0.3 is 5.32 Å². The molecule has 8 heteroatoms. The molecule has 0 atom stereocenters.